The maximum Gasteiger partial charge on any atom is 0.160 e. The number of nitrogens with one attached hydrogen (secondary N) is 1. The number of rotatable bonds is 5. The van der Waals surface area contributed by atoms with E-state index in [1.54, 1.807) is 6.07 Å². The van der Waals surface area contributed by atoms with Crippen LogP contribution in [0.1, 0.15) is 24.1 Å². The third kappa shape index (κ3) is 3.67. The Morgan fingerprint density at radius 2 is 1.95 bits per heavy atom. The van der Waals surface area contributed by atoms with Gasteiger partial charge in [0.2, 0.25) is 0 Å². The molecule has 2 aromatic rings. The molecule has 1 unspecified atom stereocenters. The molecule has 0 aliphatic rings. The molecule has 0 saturated heterocycles. The van der Waals surface area contributed by atoms with Crippen molar-refractivity contribution in [2.24, 2.45) is 0 Å². The number of hydrogen-bond acceptors (Lipinski definition) is 4. The average Bonchev–Trinajstić information content (AvgIpc) is 2.50. The van der Waals surface area contributed by atoms with Crippen molar-refractivity contribution in [3.05, 3.63) is 53.6 Å². The maximum absolute atomic E-state index is 9.62. The van der Waals surface area contributed by atoms with Crippen LogP contribution in [0.15, 0.2) is 42.5 Å². The van der Waals surface area contributed by atoms with Crippen LogP contribution in [-0.2, 0) is 6.42 Å². The van der Waals surface area contributed by atoms with E-state index in [0.29, 0.717) is 12.2 Å². The Kier molecular flexibility index (Phi) is 4.68. The Bertz CT molecular complexity index is 645. The number of anilines is 1. The van der Waals surface area contributed by atoms with E-state index in [0.717, 1.165) is 16.8 Å². The first-order valence-electron chi connectivity index (χ1n) is 6.73. The van der Waals surface area contributed by atoms with E-state index in [-0.39, 0.29) is 11.8 Å². The fraction of sp³-hybridized carbons (Fsp3) is 0.235. The van der Waals surface area contributed by atoms with Gasteiger partial charge in [0.05, 0.1) is 19.6 Å². The van der Waals surface area contributed by atoms with Crippen LogP contribution < -0.4 is 10.1 Å². The molecule has 0 amide bonds. The minimum atomic E-state index is 0.0707. The Labute approximate surface area is 124 Å². The lowest BCUT2D eigenvalue weighted by molar-refractivity contribution is 0.373. The monoisotopic (exact) mass is 282 g/mol. The number of benzene rings is 2. The summed E-state index contributed by atoms with van der Waals surface area (Å²) >= 11 is 0. The number of nitrogens with zero attached hydrogens (tertiary/aromatic N) is 1. The number of phenols is 1. The van der Waals surface area contributed by atoms with Gasteiger partial charge in [-0.3, -0.25) is 0 Å². The van der Waals surface area contributed by atoms with Gasteiger partial charge in [0.1, 0.15) is 0 Å². The van der Waals surface area contributed by atoms with Gasteiger partial charge in [-0.1, -0.05) is 18.2 Å². The minimum Gasteiger partial charge on any atom is -0.504 e. The van der Waals surface area contributed by atoms with Crippen LogP contribution in [0.2, 0.25) is 0 Å². The quantitative estimate of drug-likeness (QED) is 0.878. The third-order valence-corrected chi connectivity index (χ3v) is 3.32. The number of aromatic hydroxyl groups is 1. The molecule has 0 aliphatic heterocycles. The van der Waals surface area contributed by atoms with Crippen LogP contribution >= 0.6 is 0 Å². The highest BCUT2D eigenvalue weighted by Gasteiger charge is 2.09. The largest absolute Gasteiger partial charge is 0.504 e. The zero-order valence-corrected chi connectivity index (χ0v) is 12.1. The van der Waals surface area contributed by atoms with Crippen LogP contribution in [0.5, 0.6) is 11.5 Å². The second kappa shape index (κ2) is 6.67. The SMILES string of the molecule is COc1cc(C(C)Nc2ccc(CC#N)cc2)ccc1O. The van der Waals surface area contributed by atoms with Crippen molar-refractivity contribution >= 4 is 5.69 Å². The zero-order chi connectivity index (χ0) is 15.2. The van der Waals surface area contributed by atoms with Gasteiger partial charge in [0.15, 0.2) is 11.5 Å². The number of nitriles is 1. The Balaban J connectivity index is 2.10. The molecule has 0 aliphatic carbocycles. The Morgan fingerprint density at radius 1 is 1.24 bits per heavy atom. The highest BCUT2D eigenvalue weighted by atomic mass is 16.5. The van der Waals surface area contributed by atoms with Crippen molar-refractivity contribution in [1.82, 2.24) is 0 Å². The topological polar surface area (TPSA) is 65.3 Å². The number of hydrogen-bond donors (Lipinski definition) is 2. The number of methoxy groups -OCH3 is 1. The van der Waals surface area contributed by atoms with Crippen molar-refractivity contribution in [3.8, 4) is 17.6 Å². The molecular weight excluding hydrogens is 264 g/mol. The molecule has 2 N–H and O–H groups in total. The molecule has 0 radical (unpaired) electrons. The van der Waals surface area contributed by atoms with Gasteiger partial charge in [-0.05, 0) is 42.3 Å². The predicted molar refractivity (Wildman–Crippen MR) is 82.5 cm³/mol. The van der Waals surface area contributed by atoms with E-state index < -0.39 is 0 Å². The normalized spacial score (nSPS) is 11.5. The molecule has 0 heterocycles. The van der Waals surface area contributed by atoms with Crippen molar-refractivity contribution in [3.63, 3.8) is 0 Å². The minimum absolute atomic E-state index is 0.0707. The van der Waals surface area contributed by atoms with E-state index in [4.69, 9.17) is 10.00 Å². The van der Waals surface area contributed by atoms with Crippen LogP contribution in [0, 0.1) is 11.3 Å². The lowest BCUT2D eigenvalue weighted by Crippen LogP contribution is -2.06. The zero-order valence-electron chi connectivity index (χ0n) is 12.1. The lowest BCUT2D eigenvalue weighted by atomic mass is 10.1. The van der Waals surface area contributed by atoms with Crippen molar-refractivity contribution < 1.29 is 9.84 Å². The predicted octanol–water partition coefficient (Wildman–Crippen LogP) is 3.64. The molecular formula is C17H18N2O2. The van der Waals surface area contributed by atoms with Crippen LogP contribution in [0.3, 0.4) is 0 Å². The first kappa shape index (κ1) is 14.7. The summed E-state index contributed by atoms with van der Waals surface area (Å²) in [5, 5.41) is 21.7. The van der Waals surface area contributed by atoms with E-state index in [9.17, 15) is 5.11 Å². The molecule has 4 nitrogen and oxygen atoms in total. The summed E-state index contributed by atoms with van der Waals surface area (Å²) in [5.74, 6) is 0.597. The Hall–Kier alpha value is -2.67. The summed E-state index contributed by atoms with van der Waals surface area (Å²) < 4.78 is 5.12. The van der Waals surface area contributed by atoms with Gasteiger partial charge >= 0.3 is 0 Å². The average molecular weight is 282 g/mol. The van der Waals surface area contributed by atoms with E-state index in [2.05, 4.69) is 11.4 Å². The van der Waals surface area contributed by atoms with E-state index in [1.165, 1.54) is 7.11 Å². The summed E-state index contributed by atoms with van der Waals surface area (Å²) in [6.45, 7) is 2.04. The molecule has 0 spiro atoms. The fourth-order valence-corrected chi connectivity index (χ4v) is 2.11. The molecule has 0 fully saturated rings. The maximum atomic E-state index is 9.62. The highest BCUT2D eigenvalue weighted by Crippen LogP contribution is 2.30. The smallest absolute Gasteiger partial charge is 0.160 e. The van der Waals surface area contributed by atoms with Crippen LogP contribution in [0.4, 0.5) is 5.69 Å². The molecule has 1 atom stereocenters. The molecule has 2 rings (SSSR count). The molecule has 0 aromatic heterocycles. The number of ether oxygens (including phenoxy) is 1. The first-order chi connectivity index (χ1) is 10.1. The molecule has 108 valence electrons. The number of phenolic OH excluding ortho intramolecular Hbond substituents is 1. The second-order valence-electron chi connectivity index (χ2n) is 4.83. The molecule has 4 heteroatoms. The summed E-state index contributed by atoms with van der Waals surface area (Å²) in [6.07, 6.45) is 0.422. The lowest BCUT2D eigenvalue weighted by Gasteiger charge is -2.17. The van der Waals surface area contributed by atoms with E-state index in [1.807, 2.05) is 43.3 Å². The van der Waals surface area contributed by atoms with Crippen molar-refractivity contribution in [2.75, 3.05) is 12.4 Å². The van der Waals surface area contributed by atoms with Gasteiger partial charge in [0.25, 0.3) is 0 Å². The van der Waals surface area contributed by atoms with Crippen molar-refractivity contribution in [1.29, 1.82) is 5.26 Å². The molecule has 0 bridgehead atoms. The standard InChI is InChI=1S/C17H18N2O2/c1-12(14-5-8-16(20)17(11-14)21-2)19-15-6-3-13(4-7-15)9-10-18/h3-8,11-12,19-20H,9H2,1-2H3. The highest BCUT2D eigenvalue weighted by molar-refractivity contribution is 5.49. The van der Waals surface area contributed by atoms with Crippen LogP contribution in [-0.4, -0.2) is 12.2 Å². The fourth-order valence-electron chi connectivity index (χ4n) is 2.11. The first-order valence-corrected chi connectivity index (χ1v) is 6.73. The van der Waals surface area contributed by atoms with Gasteiger partial charge in [-0.15, -0.1) is 0 Å². The second-order valence-corrected chi connectivity index (χ2v) is 4.83. The summed E-state index contributed by atoms with van der Waals surface area (Å²) in [7, 11) is 1.53. The van der Waals surface area contributed by atoms with Gasteiger partial charge in [0, 0.05) is 11.7 Å². The van der Waals surface area contributed by atoms with Gasteiger partial charge in [-0.25, -0.2) is 0 Å². The van der Waals surface area contributed by atoms with Crippen LogP contribution in [0.25, 0.3) is 0 Å². The molecule has 2 aromatic carbocycles. The summed E-state index contributed by atoms with van der Waals surface area (Å²) in [5.41, 5.74) is 3.00. The van der Waals surface area contributed by atoms with Crippen molar-refractivity contribution in [2.45, 2.75) is 19.4 Å². The van der Waals surface area contributed by atoms with Gasteiger partial charge in [-0.2, -0.15) is 5.26 Å². The summed E-state index contributed by atoms with van der Waals surface area (Å²) in [4.78, 5) is 0. The molecule has 0 saturated carbocycles. The Morgan fingerprint density at radius 3 is 2.57 bits per heavy atom. The van der Waals surface area contributed by atoms with E-state index >= 15 is 0 Å². The summed E-state index contributed by atoms with van der Waals surface area (Å²) in [6, 6.07) is 15.3. The molecule has 21 heavy (non-hydrogen) atoms. The third-order valence-electron chi connectivity index (χ3n) is 3.32. The van der Waals surface area contributed by atoms with Gasteiger partial charge < -0.3 is 15.2 Å².